The molecule has 4 rings (SSSR count). The summed E-state index contributed by atoms with van der Waals surface area (Å²) in [4.78, 5) is 14.7. The second kappa shape index (κ2) is 7.24. The van der Waals surface area contributed by atoms with Crippen LogP contribution in [0, 0.1) is 6.92 Å². The maximum absolute atomic E-state index is 12.6. The molecule has 0 saturated carbocycles. The highest BCUT2D eigenvalue weighted by atomic mass is 16.5. The zero-order valence-corrected chi connectivity index (χ0v) is 15.0. The van der Waals surface area contributed by atoms with Gasteiger partial charge in [0.15, 0.2) is 11.3 Å². The van der Waals surface area contributed by atoms with Crippen molar-refractivity contribution in [3.63, 3.8) is 0 Å². The molecule has 0 amide bonds. The van der Waals surface area contributed by atoms with Crippen molar-refractivity contribution in [1.82, 2.24) is 0 Å². The number of hydrogen-bond acceptors (Lipinski definition) is 4. The third-order valence-electron chi connectivity index (χ3n) is 4.99. The van der Waals surface area contributed by atoms with Crippen molar-refractivity contribution in [3.05, 3.63) is 69.9 Å². The molecule has 3 aromatic rings. The lowest BCUT2D eigenvalue weighted by molar-refractivity contribution is 0.304. The minimum absolute atomic E-state index is 0.00420. The number of piperidine rings is 1. The van der Waals surface area contributed by atoms with Gasteiger partial charge in [0, 0.05) is 24.7 Å². The molecule has 26 heavy (non-hydrogen) atoms. The van der Waals surface area contributed by atoms with Crippen LogP contribution in [0.3, 0.4) is 0 Å². The highest BCUT2D eigenvalue weighted by Gasteiger charge is 2.17. The smallest absolute Gasteiger partial charge is 0.200 e. The van der Waals surface area contributed by atoms with Gasteiger partial charge in [-0.25, -0.2) is 0 Å². The number of fused-ring (bicyclic) bond motifs is 1. The van der Waals surface area contributed by atoms with Crippen LogP contribution in [0.15, 0.2) is 57.7 Å². The number of aryl methyl sites for hydroxylation is 1. The van der Waals surface area contributed by atoms with Gasteiger partial charge >= 0.3 is 0 Å². The first-order valence-corrected chi connectivity index (χ1v) is 9.21. The van der Waals surface area contributed by atoms with Gasteiger partial charge in [-0.1, -0.05) is 30.3 Å². The maximum Gasteiger partial charge on any atom is 0.200 e. The number of hydrogen-bond donors (Lipinski definition) is 0. The van der Waals surface area contributed by atoms with Gasteiger partial charge in [-0.3, -0.25) is 4.79 Å². The molecule has 0 N–H and O–H groups in total. The van der Waals surface area contributed by atoms with Crippen LogP contribution in [0.5, 0.6) is 5.75 Å². The van der Waals surface area contributed by atoms with Crippen LogP contribution in [0.4, 0.5) is 5.88 Å². The Bertz CT molecular complexity index is 956. The molecule has 0 bridgehead atoms. The van der Waals surface area contributed by atoms with Gasteiger partial charge in [0.25, 0.3) is 0 Å². The molecule has 0 spiro atoms. The van der Waals surface area contributed by atoms with Gasteiger partial charge in [0.05, 0.1) is 5.39 Å². The van der Waals surface area contributed by atoms with Gasteiger partial charge in [0.2, 0.25) is 0 Å². The molecule has 0 radical (unpaired) electrons. The van der Waals surface area contributed by atoms with Gasteiger partial charge < -0.3 is 14.1 Å². The Hall–Kier alpha value is -2.75. The van der Waals surface area contributed by atoms with E-state index < -0.39 is 0 Å². The summed E-state index contributed by atoms with van der Waals surface area (Å²) in [5.74, 6) is 1.42. The van der Waals surface area contributed by atoms with Crippen molar-refractivity contribution in [2.75, 3.05) is 18.0 Å². The highest BCUT2D eigenvalue weighted by Crippen LogP contribution is 2.30. The van der Waals surface area contributed by atoms with Crippen molar-refractivity contribution in [1.29, 1.82) is 0 Å². The summed E-state index contributed by atoms with van der Waals surface area (Å²) in [6.45, 7) is 4.32. The maximum atomic E-state index is 12.6. The molecule has 2 aromatic carbocycles. The van der Waals surface area contributed by atoms with E-state index in [2.05, 4.69) is 4.90 Å². The minimum atomic E-state index is 0.00420. The lowest BCUT2D eigenvalue weighted by Gasteiger charge is -2.27. The molecule has 1 aromatic heterocycles. The molecule has 1 saturated heterocycles. The zero-order valence-electron chi connectivity index (χ0n) is 15.0. The monoisotopic (exact) mass is 349 g/mol. The second-order valence-electron chi connectivity index (χ2n) is 6.84. The molecule has 0 atom stereocenters. The molecule has 4 nitrogen and oxygen atoms in total. The van der Waals surface area contributed by atoms with E-state index in [-0.39, 0.29) is 5.43 Å². The Morgan fingerprint density at radius 2 is 1.81 bits per heavy atom. The average molecular weight is 349 g/mol. The lowest BCUT2D eigenvalue weighted by atomic mass is 10.1. The Morgan fingerprint density at radius 3 is 2.58 bits per heavy atom. The Morgan fingerprint density at radius 1 is 1.04 bits per heavy atom. The van der Waals surface area contributed by atoms with E-state index in [1.54, 1.807) is 12.1 Å². The molecule has 134 valence electrons. The fourth-order valence-corrected chi connectivity index (χ4v) is 3.48. The second-order valence-corrected chi connectivity index (χ2v) is 6.84. The SMILES string of the molecule is Cc1c(OCc2ccccc2)ccc2c(=O)cc(N3CCCCC3)oc12. The van der Waals surface area contributed by atoms with E-state index in [1.165, 1.54) is 6.42 Å². The quantitative estimate of drug-likeness (QED) is 0.686. The van der Waals surface area contributed by atoms with E-state index in [4.69, 9.17) is 9.15 Å². The van der Waals surface area contributed by atoms with E-state index in [0.717, 1.165) is 42.8 Å². The Balaban J connectivity index is 1.67. The third kappa shape index (κ3) is 3.32. The zero-order chi connectivity index (χ0) is 17.9. The highest BCUT2D eigenvalue weighted by molar-refractivity contribution is 5.82. The molecule has 2 heterocycles. The van der Waals surface area contributed by atoms with E-state index in [9.17, 15) is 4.79 Å². The van der Waals surface area contributed by atoms with Gasteiger partial charge in [-0.2, -0.15) is 0 Å². The van der Waals surface area contributed by atoms with Gasteiger partial charge in [-0.05, 0) is 43.9 Å². The Kier molecular flexibility index (Phi) is 4.65. The van der Waals surface area contributed by atoms with Crippen LogP contribution in [0.2, 0.25) is 0 Å². The average Bonchev–Trinajstić information content (AvgIpc) is 2.69. The van der Waals surface area contributed by atoms with Crippen LogP contribution in [-0.2, 0) is 6.61 Å². The third-order valence-corrected chi connectivity index (χ3v) is 4.99. The predicted molar refractivity (Wildman–Crippen MR) is 104 cm³/mol. The molecule has 1 aliphatic heterocycles. The predicted octanol–water partition coefficient (Wildman–Crippen LogP) is 4.67. The summed E-state index contributed by atoms with van der Waals surface area (Å²) in [7, 11) is 0. The number of rotatable bonds is 4. The number of benzene rings is 2. The topological polar surface area (TPSA) is 42.7 Å². The summed E-state index contributed by atoms with van der Waals surface area (Å²) in [5, 5.41) is 0.607. The van der Waals surface area contributed by atoms with Gasteiger partial charge in [-0.15, -0.1) is 0 Å². The first-order chi connectivity index (χ1) is 12.7. The van der Waals surface area contributed by atoms with E-state index >= 15 is 0 Å². The summed E-state index contributed by atoms with van der Waals surface area (Å²) in [5.41, 5.74) is 2.61. The fourth-order valence-electron chi connectivity index (χ4n) is 3.48. The summed E-state index contributed by atoms with van der Waals surface area (Å²) >= 11 is 0. The Labute approximate surface area is 153 Å². The first-order valence-electron chi connectivity index (χ1n) is 9.21. The van der Waals surface area contributed by atoms with Crippen LogP contribution in [0.1, 0.15) is 30.4 Å². The largest absolute Gasteiger partial charge is 0.488 e. The number of nitrogens with zero attached hydrogens (tertiary/aromatic N) is 1. The van der Waals surface area contributed by atoms with Crippen molar-refractivity contribution < 1.29 is 9.15 Å². The van der Waals surface area contributed by atoms with Crippen LogP contribution < -0.4 is 15.1 Å². The number of ether oxygens (including phenoxy) is 1. The number of anilines is 1. The van der Waals surface area contributed by atoms with Crippen molar-refractivity contribution in [2.45, 2.75) is 32.8 Å². The van der Waals surface area contributed by atoms with Crippen LogP contribution in [0.25, 0.3) is 11.0 Å². The lowest BCUT2D eigenvalue weighted by Crippen LogP contribution is -2.30. The van der Waals surface area contributed by atoms with E-state index in [0.29, 0.717) is 23.5 Å². The van der Waals surface area contributed by atoms with Crippen LogP contribution in [-0.4, -0.2) is 13.1 Å². The fraction of sp³-hybridized carbons (Fsp3) is 0.318. The van der Waals surface area contributed by atoms with Crippen LogP contribution >= 0.6 is 0 Å². The van der Waals surface area contributed by atoms with Crippen molar-refractivity contribution >= 4 is 16.9 Å². The summed E-state index contributed by atoms with van der Waals surface area (Å²) < 4.78 is 12.1. The van der Waals surface area contributed by atoms with Crippen molar-refractivity contribution in [3.8, 4) is 5.75 Å². The first kappa shape index (κ1) is 16.7. The molecular weight excluding hydrogens is 326 g/mol. The standard InChI is InChI=1S/C22H23NO3/c1-16-20(25-15-17-8-4-2-5-9-17)11-10-18-19(24)14-21(26-22(16)18)23-12-6-3-7-13-23/h2,4-5,8-11,14H,3,6-7,12-13,15H2,1H3. The van der Waals surface area contributed by atoms with Gasteiger partial charge in [0.1, 0.15) is 17.9 Å². The molecule has 0 unspecified atom stereocenters. The normalized spacial score (nSPS) is 14.6. The van der Waals surface area contributed by atoms with E-state index in [1.807, 2.05) is 43.3 Å². The summed E-state index contributed by atoms with van der Waals surface area (Å²) in [6, 6.07) is 15.3. The minimum Gasteiger partial charge on any atom is -0.488 e. The molecule has 1 fully saturated rings. The molecule has 4 heteroatoms. The summed E-state index contributed by atoms with van der Waals surface area (Å²) in [6.07, 6.45) is 3.52. The van der Waals surface area contributed by atoms with Crippen molar-refractivity contribution in [2.24, 2.45) is 0 Å². The molecular formula is C22H23NO3. The molecule has 0 aliphatic carbocycles. The molecule has 1 aliphatic rings.